The SMILES string of the molecule is Cc1sc[n+](C(C=O)C2CCCN2)c1C. The summed E-state index contributed by atoms with van der Waals surface area (Å²) < 4.78 is 2.11. The highest BCUT2D eigenvalue weighted by Gasteiger charge is 2.33. The first kappa shape index (κ1) is 10.8. The van der Waals surface area contributed by atoms with Gasteiger partial charge in [0.1, 0.15) is 0 Å². The van der Waals surface area contributed by atoms with Gasteiger partial charge in [-0.3, -0.25) is 4.79 Å². The van der Waals surface area contributed by atoms with E-state index in [1.165, 1.54) is 17.0 Å². The molecule has 1 saturated heterocycles. The maximum atomic E-state index is 11.2. The third-order valence-corrected chi connectivity index (χ3v) is 4.19. The minimum absolute atomic E-state index is 0.0301. The minimum Gasteiger partial charge on any atom is -0.308 e. The Morgan fingerprint density at radius 3 is 2.93 bits per heavy atom. The number of aldehydes is 1. The van der Waals surface area contributed by atoms with E-state index in [4.69, 9.17) is 0 Å². The third kappa shape index (κ3) is 1.96. The molecule has 2 rings (SSSR count). The van der Waals surface area contributed by atoms with Crippen LogP contribution in [0.4, 0.5) is 0 Å². The molecule has 1 N–H and O–H groups in total. The van der Waals surface area contributed by atoms with Crippen molar-refractivity contribution in [2.45, 2.75) is 38.8 Å². The zero-order valence-electron chi connectivity index (χ0n) is 9.19. The van der Waals surface area contributed by atoms with Gasteiger partial charge < -0.3 is 5.32 Å². The van der Waals surface area contributed by atoms with Crippen molar-refractivity contribution in [3.63, 3.8) is 0 Å². The average molecular weight is 225 g/mol. The van der Waals surface area contributed by atoms with E-state index in [0.29, 0.717) is 6.04 Å². The van der Waals surface area contributed by atoms with E-state index in [2.05, 4.69) is 29.2 Å². The summed E-state index contributed by atoms with van der Waals surface area (Å²) in [4.78, 5) is 12.5. The van der Waals surface area contributed by atoms with Crippen molar-refractivity contribution in [1.82, 2.24) is 5.32 Å². The van der Waals surface area contributed by atoms with Crippen LogP contribution in [0.15, 0.2) is 5.51 Å². The summed E-state index contributed by atoms with van der Waals surface area (Å²) in [5.74, 6) is 0. The van der Waals surface area contributed by atoms with Gasteiger partial charge >= 0.3 is 0 Å². The lowest BCUT2D eigenvalue weighted by atomic mass is 10.1. The molecule has 0 amide bonds. The zero-order chi connectivity index (χ0) is 10.8. The number of thiazole rings is 1. The summed E-state index contributed by atoms with van der Waals surface area (Å²) in [6.07, 6.45) is 3.35. The number of aryl methyl sites for hydroxylation is 1. The van der Waals surface area contributed by atoms with Gasteiger partial charge in [-0.05, 0) is 26.3 Å². The van der Waals surface area contributed by atoms with Gasteiger partial charge in [0.2, 0.25) is 11.6 Å². The van der Waals surface area contributed by atoms with Crippen LogP contribution < -0.4 is 9.88 Å². The van der Waals surface area contributed by atoms with E-state index < -0.39 is 0 Å². The summed E-state index contributed by atoms with van der Waals surface area (Å²) in [6, 6.07) is 0.289. The number of hydrogen-bond donors (Lipinski definition) is 1. The molecule has 0 aliphatic carbocycles. The lowest BCUT2D eigenvalue weighted by Crippen LogP contribution is -2.50. The quantitative estimate of drug-likeness (QED) is 0.618. The molecule has 3 nitrogen and oxygen atoms in total. The molecule has 2 heterocycles. The molecule has 0 spiro atoms. The predicted molar refractivity (Wildman–Crippen MR) is 60.1 cm³/mol. The van der Waals surface area contributed by atoms with Crippen LogP contribution in [0.5, 0.6) is 0 Å². The average Bonchev–Trinajstić information content (AvgIpc) is 2.84. The van der Waals surface area contributed by atoms with Crippen molar-refractivity contribution in [2.24, 2.45) is 0 Å². The summed E-state index contributed by atoms with van der Waals surface area (Å²) >= 11 is 1.71. The Morgan fingerprint density at radius 2 is 2.47 bits per heavy atom. The van der Waals surface area contributed by atoms with Crippen LogP contribution in [-0.4, -0.2) is 18.9 Å². The molecular weight excluding hydrogens is 208 g/mol. The fourth-order valence-corrected chi connectivity index (χ4v) is 2.98. The topological polar surface area (TPSA) is 33.0 Å². The molecule has 0 saturated carbocycles. The summed E-state index contributed by atoms with van der Waals surface area (Å²) in [6.45, 7) is 5.22. The lowest BCUT2D eigenvalue weighted by Gasteiger charge is -2.12. The second-order valence-corrected chi connectivity index (χ2v) is 5.16. The highest BCUT2D eigenvalue weighted by Crippen LogP contribution is 2.17. The smallest absolute Gasteiger partial charge is 0.229 e. The first-order chi connectivity index (χ1) is 7.24. The van der Waals surface area contributed by atoms with E-state index in [1.807, 2.05) is 0 Å². The van der Waals surface area contributed by atoms with Crippen LogP contribution >= 0.6 is 11.3 Å². The molecule has 2 unspecified atom stereocenters. The molecule has 0 aromatic carbocycles. The van der Waals surface area contributed by atoms with E-state index in [0.717, 1.165) is 19.3 Å². The van der Waals surface area contributed by atoms with Crippen LogP contribution in [0.25, 0.3) is 0 Å². The molecule has 1 aromatic heterocycles. The van der Waals surface area contributed by atoms with E-state index >= 15 is 0 Å². The number of nitrogens with zero attached hydrogens (tertiary/aromatic N) is 1. The first-order valence-corrected chi connectivity index (χ1v) is 6.26. The number of carbonyl (C=O) groups is 1. The van der Waals surface area contributed by atoms with Gasteiger partial charge in [-0.2, -0.15) is 4.57 Å². The van der Waals surface area contributed by atoms with Gasteiger partial charge in [-0.1, -0.05) is 11.3 Å². The Morgan fingerprint density at radius 1 is 1.67 bits per heavy atom. The van der Waals surface area contributed by atoms with Gasteiger partial charge in [-0.25, -0.2) is 0 Å². The number of hydrogen-bond acceptors (Lipinski definition) is 3. The molecule has 1 aliphatic heterocycles. The van der Waals surface area contributed by atoms with E-state index in [9.17, 15) is 4.79 Å². The second kappa shape index (κ2) is 4.41. The minimum atomic E-state index is -0.0301. The van der Waals surface area contributed by atoms with Crippen molar-refractivity contribution in [1.29, 1.82) is 0 Å². The molecule has 0 bridgehead atoms. The highest BCUT2D eigenvalue weighted by atomic mass is 32.1. The number of nitrogens with one attached hydrogen (secondary N) is 1. The number of carbonyl (C=O) groups excluding carboxylic acids is 1. The summed E-state index contributed by atoms with van der Waals surface area (Å²) in [7, 11) is 0. The van der Waals surface area contributed by atoms with Crippen molar-refractivity contribution in [3.8, 4) is 0 Å². The lowest BCUT2D eigenvalue weighted by molar-refractivity contribution is -0.711. The molecular formula is C11H17N2OS+. The Balaban J connectivity index is 2.25. The highest BCUT2D eigenvalue weighted by molar-refractivity contribution is 7.09. The molecule has 82 valence electrons. The summed E-state index contributed by atoms with van der Waals surface area (Å²) in [5, 5.41) is 3.40. The Labute approximate surface area is 94.1 Å². The molecule has 1 aromatic rings. The molecule has 0 radical (unpaired) electrons. The second-order valence-electron chi connectivity index (χ2n) is 4.10. The van der Waals surface area contributed by atoms with Crippen LogP contribution in [-0.2, 0) is 4.79 Å². The molecule has 1 fully saturated rings. The molecule has 15 heavy (non-hydrogen) atoms. The normalized spacial score (nSPS) is 22.9. The van der Waals surface area contributed by atoms with Gasteiger partial charge in [0.25, 0.3) is 0 Å². The van der Waals surface area contributed by atoms with E-state index in [-0.39, 0.29) is 6.04 Å². The van der Waals surface area contributed by atoms with Crippen LogP contribution in [0, 0.1) is 13.8 Å². The maximum Gasteiger partial charge on any atom is 0.229 e. The molecule has 1 aliphatic rings. The van der Waals surface area contributed by atoms with Gasteiger partial charge in [-0.15, -0.1) is 0 Å². The molecule has 4 heteroatoms. The number of aromatic nitrogens is 1. The van der Waals surface area contributed by atoms with Crippen LogP contribution in [0.3, 0.4) is 0 Å². The molecule has 2 atom stereocenters. The van der Waals surface area contributed by atoms with Gasteiger partial charge in [0.15, 0.2) is 12.0 Å². The van der Waals surface area contributed by atoms with E-state index in [1.54, 1.807) is 11.3 Å². The predicted octanol–water partition coefficient (Wildman–Crippen LogP) is 1.14. The fraction of sp³-hybridized carbons (Fsp3) is 0.636. The summed E-state index contributed by atoms with van der Waals surface area (Å²) in [5.41, 5.74) is 3.27. The third-order valence-electron chi connectivity index (χ3n) is 3.21. The van der Waals surface area contributed by atoms with Crippen LogP contribution in [0.2, 0.25) is 0 Å². The monoisotopic (exact) mass is 225 g/mol. The van der Waals surface area contributed by atoms with Crippen molar-refractivity contribution in [3.05, 3.63) is 16.1 Å². The van der Waals surface area contributed by atoms with Crippen LogP contribution in [0.1, 0.15) is 29.5 Å². The fourth-order valence-electron chi connectivity index (χ4n) is 2.13. The largest absolute Gasteiger partial charge is 0.308 e. The first-order valence-electron chi connectivity index (χ1n) is 5.38. The van der Waals surface area contributed by atoms with Crippen molar-refractivity contribution < 1.29 is 9.36 Å². The standard InChI is InChI=1S/C11H17N2OS/c1-8-9(2)15-7-13(8)11(6-14)10-4-3-5-12-10/h6-7,10-12H,3-5H2,1-2H3/q+1. The Kier molecular flexibility index (Phi) is 3.17. The maximum absolute atomic E-state index is 11.2. The Bertz CT molecular complexity index is 355. The zero-order valence-corrected chi connectivity index (χ0v) is 10.0. The van der Waals surface area contributed by atoms with Crippen molar-refractivity contribution in [2.75, 3.05) is 6.54 Å². The van der Waals surface area contributed by atoms with Gasteiger partial charge in [0.05, 0.1) is 10.9 Å². The van der Waals surface area contributed by atoms with Crippen molar-refractivity contribution >= 4 is 17.6 Å². The number of rotatable bonds is 3. The van der Waals surface area contributed by atoms with Gasteiger partial charge in [0, 0.05) is 6.92 Å². The Hall–Kier alpha value is -0.740.